The van der Waals surface area contributed by atoms with Crippen LogP contribution in [0.5, 0.6) is 0 Å². The Morgan fingerprint density at radius 1 is 1.26 bits per heavy atom. The largest absolute Gasteiger partial charge is 0.478 e. The molecule has 1 unspecified atom stereocenters. The van der Waals surface area contributed by atoms with Crippen molar-refractivity contribution in [3.8, 4) is 0 Å². The van der Waals surface area contributed by atoms with Gasteiger partial charge in [0.05, 0.1) is 10.4 Å². The molecule has 0 aliphatic rings. The summed E-state index contributed by atoms with van der Waals surface area (Å²) < 4.78 is 4.99. The van der Waals surface area contributed by atoms with Crippen LogP contribution in [0.25, 0.3) is 0 Å². The normalized spacial score (nSPS) is 11.2. The quantitative estimate of drug-likeness (QED) is 0.878. The van der Waals surface area contributed by atoms with Crippen molar-refractivity contribution in [1.82, 2.24) is 4.98 Å². The maximum Gasteiger partial charge on any atom is 0.350 e. The first-order chi connectivity index (χ1) is 8.68. The Hall–Kier alpha value is -1.92. The molecule has 1 atom stereocenters. The molecule has 0 aromatic carbocycles. The lowest BCUT2D eigenvalue weighted by molar-refractivity contribution is -0.147. The van der Waals surface area contributed by atoms with Gasteiger partial charge in [-0.2, -0.15) is 0 Å². The summed E-state index contributed by atoms with van der Waals surface area (Å²) in [5.74, 6) is -1.88. The summed E-state index contributed by atoms with van der Waals surface area (Å²) in [5, 5.41) is 10.8. The first-order valence-electron chi connectivity index (χ1n) is 5.05. The number of hydrogen-bond donors (Lipinski definition) is 1. The number of aromatic nitrogens is 1. The maximum atomic E-state index is 11.7. The van der Waals surface area contributed by atoms with Gasteiger partial charge in [0.25, 0.3) is 0 Å². The Bertz CT molecular complexity index is 544. The van der Waals surface area contributed by atoms with Crippen LogP contribution in [0.4, 0.5) is 0 Å². The zero-order chi connectivity index (χ0) is 13.0. The molecule has 1 N–H and O–H groups in total. The average Bonchev–Trinajstić information content (AvgIpc) is 2.90. The molecule has 7 heteroatoms. The van der Waals surface area contributed by atoms with E-state index in [0.717, 1.165) is 0 Å². The number of pyridine rings is 1. The second-order valence-corrected chi connectivity index (χ2v) is 4.35. The first-order valence-corrected chi connectivity index (χ1v) is 5.93. The number of aliphatic carboxylic acids is 1. The topological polar surface area (TPSA) is 76.5 Å². The van der Waals surface area contributed by atoms with Crippen molar-refractivity contribution >= 4 is 35.7 Å². The fraction of sp³-hybridized carbons (Fsp3) is 0.0833. The molecule has 100 valence electrons. The van der Waals surface area contributed by atoms with Gasteiger partial charge in [0.15, 0.2) is 0 Å². The lowest BCUT2D eigenvalue weighted by Crippen LogP contribution is -2.18. The van der Waals surface area contributed by atoms with E-state index in [0.29, 0.717) is 4.88 Å². The molecule has 0 fully saturated rings. The number of hydrogen-bond acceptors (Lipinski definition) is 5. The van der Waals surface area contributed by atoms with Gasteiger partial charge in [0.2, 0.25) is 6.10 Å². The van der Waals surface area contributed by atoms with Crippen molar-refractivity contribution in [1.29, 1.82) is 0 Å². The molecule has 5 nitrogen and oxygen atoms in total. The van der Waals surface area contributed by atoms with Crippen LogP contribution < -0.4 is 0 Å². The van der Waals surface area contributed by atoms with Gasteiger partial charge >= 0.3 is 11.9 Å². The number of halogens is 1. The van der Waals surface area contributed by atoms with E-state index in [-0.39, 0.29) is 18.0 Å². The van der Waals surface area contributed by atoms with Gasteiger partial charge in [-0.15, -0.1) is 23.7 Å². The van der Waals surface area contributed by atoms with Crippen molar-refractivity contribution < 1.29 is 19.4 Å². The van der Waals surface area contributed by atoms with Crippen LogP contribution >= 0.6 is 23.7 Å². The van der Waals surface area contributed by atoms with Crippen molar-refractivity contribution in [3.63, 3.8) is 0 Å². The molecule has 2 heterocycles. The van der Waals surface area contributed by atoms with E-state index >= 15 is 0 Å². The Morgan fingerprint density at radius 2 is 1.95 bits per heavy atom. The van der Waals surface area contributed by atoms with Gasteiger partial charge < -0.3 is 9.84 Å². The van der Waals surface area contributed by atoms with Crippen LogP contribution in [0.15, 0.2) is 42.0 Å². The number of carboxylic acids is 1. The lowest BCUT2D eigenvalue weighted by Gasteiger charge is -2.11. The van der Waals surface area contributed by atoms with Crippen LogP contribution in [0.2, 0.25) is 0 Å². The molecule has 2 aromatic heterocycles. The third-order valence-corrected chi connectivity index (χ3v) is 3.08. The molecule has 0 saturated carbocycles. The highest BCUT2D eigenvalue weighted by Gasteiger charge is 2.25. The standard InChI is InChI=1S/C12H9NO4S.ClH/c14-11(15)10(9-2-1-7-18-9)17-12(16)8-3-5-13-6-4-8;/h1-7,10H,(H,14,15);1H. The molecule has 0 spiro atoms. The van der Waals surface area contributed by atoms with E-state index in [4.69, 9.17) is 9.84 Å². The molecule has 0 aliphatic heterocycles. The van der Waals surface area contributed by atoms with E-state index in [1.54, 1.807) is 17.5 Å². The van der Waals surface area contributed by atoms with Gasteiger partial charge in [0.1, 0.15) is 0 Å². The Morgan fingerprint density at radius 3 is 2.47 bits per heavy atom. The molecule has 0 radical (unpaired) electrons. The highest BCUT2D eigenvalue weighted by Crippen LogP contribution is 2.23. The monoisotopic (exact) mass is 299 g/mol. The number of carboxylic acid groups (broad SMARTS) is 1. The van der Waals surface area contributed by atoms with Crippen LogP contribution in [-0.2, 0) is 9.53 Å². The third-order valence-electron chi connectivity index (χ3n) is 2.17. The van der Waals surface area contributed by atoms with E-state index in [1.807, 2.05) is 0 Å². The molecule has 2 aromatic rings. The van der Waals surface area contributed by atoms with E-state index in [1.165, 1.54) is 35.9 Å². The minimum atomic E-state index is -1.27. The lowest BCUT2D eigenvalue weighted by atomic mass is 10.2. The Labute approximate surface area is 119 Å². The number of rotatable bonds is 4. The summed E-state index contributed by atoms with van der Waals surface area (Å²) in [7, 11) is 0. The maximum absolute atomic E-state index is 11.7. The molecule has 0 saturated heterocycles. The first kappa shape index (κ1) is 15.1. The minimum Gasteiger partial charge on any atom is -0.478 e. The van der Waals surface area contributed by atoms with Gasteiger partial charge in [-0.05, 0) is 23.6 Å². The van der Waals surface area contributed by atoms with E-state index in [2.05, 4.69) is 4.98 Å². The summed E-state index contributed by atoms with van der Waals surface area (Å²) in [6.07, 6.45) is 1.61. The predicted molar refractivity (Wildman–Crippen MR) is 71.6 cm³/mol. The number of ether oxygens (including phenoxy) is 1. The molecular weight excluding hydrogens is 290 g/mol. The smallest absolute Gasteiger partial charge is 0.350 e. The van der Waals surface area contributed by atoms with Crippen molar-refractivity contribution in [2.45, 2.75) is 6.10 Å². The summed E-state index contributed by atoms with van der Waals surface area (Å²) >= 11 is 1.23. The predicted octanol–water partition coefficient (Wildman–Crippen LogP) is 2.55. The fourth-order valence-electron chi connectivity index (χ4n) is 1.33. The highest BCUT2D eigenvalue weighted by atomic mass is 35.5. The average molecular weight is 300 g/mol. The second-order valence-electron chi connectivity index (χ2n) is 3.37. The van der Waals surface area contributed by atoms with Gasteiger partial charge in [0, 0.05) is 12.4 Å². The van der Waals surface area contributed by atoms with E-state index < -0.39 is 18.0 Å². The zero-order valence-electron chi connectivity index (χ0n) is 9.55. The summed E-state index contributed by atoms with van der Waals surface area (Å²) in [6.45, 7) is 0. The van der Waals surface area contributed by atoms with Crippen molar-refractivity contribution in [3.05, 3.63) is 52.5 Å². The molecule has 0 bridgehead atoms. The van der Waals surface area contributed by atoms with Crippen LogP contribution in [0, 0.1) is 0 Å². The van der Waals surface area contributed by atoms with E-state index in [9.17, 15) is 9.59 Å². The number of carbonyl (C=O) groups excluding carboxylic acids is 1. The number of esters is 1. The third kappa shape index (κ3) is 3.77. The summed E-state index contributed by atoms with van der Waals surface area (Å²) in [4.78, 5) is 27.1. The van der Waals surface area contributed by atoms with Crippen molar-refractivity contribution in [2.75, 3.05) is 0 Å². The molecule has 2 rings (SSSR count). The molecule has 0 amide bonds. The fourth-order valence-corrected chi connectivity index (χ4v) is 2.08. The molecule has 19 heavy (non-hydrogen) atoms. The summed E-state index contributed by atoms with van der Waals surface area (Å²) in [6, 6.07) is 6.25. The van der Waals surface area contributed by atoms with Crippen LogP contribution in [-0.4, -0.2) is 22.0 Å². The second kappa shape index (κ2) is 6.86. The van der Waals surface area contributed by atoms with Gasteiger partial charge in [-0.3, -0.25) is 4.98 Å². The Kier molecular flexibility index (Phi) is 5.47. The van der Waals surface area contributed by atoms with Crippen LogP contribution in [0.3, 0.4) is 0 Å². The number of carbonyl (C=O) groups is 2. The van der Waals surface area contributed by atoms with Crippen LogP contribution in [0.1, 0.15) is 21.3 Å². The van der Waals surface area contributed by atoms with Gasteiger partial charge in [-0.1, -0.05) is 6.07 Å². The number of thiophene rings is 1. The molecule has 0 aliphatic carbocycles. The Balaban J connectivity index is 0.00000180. The molecular formula is C12H10ClNO4S. The summed E-state index contributed by atoms with van der Waals surface area (Å²) in [5.41, 5.74) is 0.271. The minimum absolute atomic E-state index is 0. The number of nitrogens with zero attached hydrogens (tertiary/aromatic N) is 1. The van der Waals surface area contributed by atoms with Crippen molar-refractivity contribution in [2.24, 2.45) is 0 Å². The highest BCUT2D eigenvalue weighted by molar-refractivity contribution is 7.10. The zero-order valence-corrected chi connectivity index (χ0v) is 11.2. The SMILES string of the molecule is Cl.O=C(OC(C(=O)O)c1cccs1)c1ccncc1. The van der Waals surface area contributed by atoms with Gasteiger partial charge in [-0.25, -0.2) is 9.59 Å².